The van der Waals surface area contributed by atoms with Crippen LogP contribution in [0.25, 0.3) is 101 Å². The monoisotopic (exact) mass is 771 g/mol. The fourth-order valence-corrected chi connectivity index (χ4v) is 10.2. The van der Waals surface area contributed by atoms with Gasteiger partial charge in [0.15, 0.2) is 17.5 Å². The van der Waals surface area contributed by atoms with Crippen molar-refractivity contribution in [2.24, 2.45) is 0 Å². The van der Waals surface area contributed by atoms with E-state index in [1.807, 2.05) is 0 Å². The lowest BCUT2D eigenvalue weighted by molar-refractivity contribution is 1.07. The summed E-state index contributed by atoms with van der Waals surface area (Å²) in [6.45, 7) is 6.34. The fourth-order valence-electron chi connectivity index (χ4n) is 10.2. The highest BCUT2D eigenvalue weighted by Gasteiger charge is 2.28. The predicted octanol–water partition coefficient (Wildman–Crippen LogP) is 10.3. The molecule has 60 heavy (non-hydrogen) atoms. The first-order valence-electron chi connectivity index (χ1n) is 20.3. The summed E-state index contributed by atoms with van der Waals surface area (Å²) >= 11 is 0. The maximum Gasteiger partial charge on any atom is 0.164 e. The van der Waals surface area contributed by atoms with Crippen LogP contribution in [0.3, 0.4) is 0 Å². The second-order valence-electron chi connectivity index (χ2n) is 16.4. The lowest BCUT2D eigenvalue weighted by Gasteiger charge is -2.12. The Labute approximate surface area is 344 Å². The number of hydrogen-bond donors (Lipinski definition) is 0. The number of nitrogens with zero attached hydrogens (tertiary/aromatic N) is 9. The third-order valence-corrected chi connectivity index (χ3v) is 12.7. The van der Waals surface area contributed by atoms with Crippen molar-refractivity contribution < 1.29 is 0 Å². The molecule has 0 spiro atoms. The van der Waals surface area contributed by atoms with Gasteiger partial charge in [0.05, 0.1) is 33.1 Å². The third-order valence-electron chi connectivity index (χ3n) is 12.7. The summed E-state index contributed by atoms with van der Waals surface area (Å²) in [5, 5.41) is 0. The Morgan fingerprint density at radius 1 is 0.317 bits per heavy atom. The van der Waals surface area contributed by atoms with E-state index in [9.17, 15) is 0 Å². The number of hydrogen-bond acceptors (Lipinski definition) is 9. The standard InChI is InChI=1S/C51H33N9/c1-25-16-34-22-31-19-28(4-7-37(31)40(34)46-43(25)52-10-13-55-46)49-58-50(29-5-8-38-32(20-29)23-35-17-26(2)44-47(41(35)38)56-14-11-53-44)60-51(59-49)30-6-9-39-33(21-30)24-36-18-27(3)45-48(42(36)39)57-15-12-54-45/h4-21H,22-24H2,1-3H3. The topological polar surface area (TPSA) is 116 Å². The minimum Gasteiger partial charge on any atom is -0.253 e. The van der Waals surface area contributed by atoms with Gasteiger partial charge < -0.3 is 0 Å². The van der Waals surface area contributed by atoms with Gasteiger partial charge in [0, 0.05) is 70.6 Å². The normalized spacial score (nSPS) is 13.1. The van der Waals surface area contributed by atoms with Crippen molar-refractivity contribution in [3.8, 4) is 67.5 Å². The van der Waals surface area contributed by atoms with Crippen molar-refractivity contribution in [1.82, 2.24) is 44.9 Å². The van der Waals surface area contributed by atoms with Gasteiger partial charge in [-0.3, -0.25) is 29.9 Å². The molecule has 3 aliphatic carbocycles. The molecule has 3 aliphatic rings. The van der Waals surface area contributed by atoms with Gasteiger partial charge in [-0.25, -0.2) is 15.0 Å². The summed E-state index contributed by atoms with van der Waals surface area (Å²) in [5.41, 5.74) is 26.5. The van der Waals surface area contributed by atoms with Gasteiger partial charge in [-0.2, -0.15) is 0 Å². The minimum absolute atomic E-state index is 0.635. The molecular weight excluding hydrogens is 739 g/mol. The van der Waals surface area contributed by atoms with E-state index in [2.05, 4.69) is 109 Å². The zero-order valence-corrected chi connectivity index (χ0v) is 33.0. The molecule has 4 aromatic heterocycles. The smallest absolute Gasteiger partial charge is 0.164 e. The Balaban J connectivity index is 0.958. The van der Waals surface area contributed by atoms with E-state index in [0.717, 1.165) is 85.7 Å². The highest BCUT2D eigenvalue weighted by molar-refractivity contribution is 6.01. The summed E-state index contributed by atoms with van der Waals surface area (Å²) in [7, 11) is 0. The molecule has 9 nitrogen and oxygen atoms in total. The summed E-state index contributed by atoms with van der Waals surface area (Å²) in [6.07, 6.45) is 13.1. The van der Waals surface area contributed by atoms with Crippen LogP contribution in [-0.2, 0) is 19.3 Å². The molecule has 0 saturated heterocycles. The van der Waals surface area contributed by atoms with Crippen LogP contribution in [0, 0.1) is 20.8 Å². The summed E-state index contributed by atoms with van der Waals surface area (Å²) in [6, 6.07) is 26.5. The Morgan fingerprint density at radius 3 is 0.900 bits per heavy atom. The van der Waals surface area contributed by atoms with E-state index in [0.29, 0.717) is 17.5 Å². The van der Waals surface area contributed by atoms with E-state index in [-0.39, 0.29) is 0 Å². The second kappa shape index (κ2) is 12.2. The van der Waals surface area contributed by atoms with E-state index in [1.54, 1.807) is 37.2 Å². The average Bonchev–Trinajstić information content (AvgIpc) is 3.96. The third kappa shape index (κ3) is 4.77. The lowest BCUT2D eigenvalue weighted by atomic mass is 9.99. The molecule has 0 unspecified atom stereocenters. The highest BCUT2D eigenvalue weighted by Crippen LogP contribution is 2.46. The maximum atomic E-state index is 5.24. The van der Waals surface area contributed by atoms with Crippen LogP contribution >= 0.6 is 0 Å². The van der Waals surface area contributed by atoms with Crippen LogP contribution in [0.15, 0.2) is 110 Å². The first-order chi connectivity index (χ1) is 29.4. The highest BCUT2D eigenvalue weighted by atomic mass is 15.0. The van der Waals surface area contributed by atoms with Crippen molar-refractivity contribution in [2.75, 3.05) is 0 Å². The van der Waals surface area contributed by atoms with Gasteiger partial charge in [0.25, 0.3) is 0 Å². The maximum absolute atomic E-state index is 5.24. The van der Waals surface area contributed by atoms with Crippen molar-refractivity contribution in [3.63, 3.8) is 0 Å². The molecule has 282 valence electrons. The first-order valence-corrected chi connectivity index (χ1v) is 20.3. The molecule has 0 saturated carbocycles. The molecule has 6 aromatic carbocycles. The van der Waals surface area contributed by atoms with Crippen LogP contribution in [0.5, 0.6) is 0 Å². The van der Waals surface area contributed by atoms with Crippen molar-refractivity contribution in [2.45, 2.75) is 40.0 Å². The summed E-state index contributed by atoms with van der Waals surface area (Å²) in [4.78, 5) is 44.1. The van der Waals surface area contributed by atoms with Crippen LogP contribution in [0.4, 0.5) is 0 Å². The molecule has 0 atom stereocenters. The van der Waals surface area contributed by atoms with Crippen LogP contribution in [0.2, 0.25) is 0 Å². The van der Waals surface area contributed by atoms with E-state index < -0.39 is 0 Å². The van der Waals surface area contributed by atoms with E-state index in [4.69, 9.17) is 29.9 Å². The van der Waals surface area contributed by atoms with Crippen LogP contribution in [-0.4, -0.2) is 44.9 Å². The van der Waals surface area contributed by atoms with E-state index >= 15 is 0 Å². The van der Waals surface area contributed by atoms with Crippen LogP contribution in [0.1, 0.15) is 50.1 Å². The zero-order chi connectivity index (χ0) is 39.8. The molecule has 0 aliphatic heterocycles. The van der Waals surface area contributed by atoms with Gasteiger partial charge in [0.2, 0.25) is 0 Å². The van der Waals surface area contributed by atoms with Crippen molar-refractivity contribution >= 4 is 33.1 Å². The Hall–Kier alpha value is -7.65. The molecule has 9 heteroatoms. The molecule has 13 rings (SSSR count). The number of aromatic nitrogens is 9. The Bertz CT molecular complexity index is 3190. The fraction of sp³-hybridized carbons (Fsp3) is 0.118. The van der Waals surface area contributed by atoms with Gasteiger partial charge in [-0.05, 0) is 125 Å². The molecule has 0 N–H and O–H groups in total. The van der Waals surface area contributed by atoms with Gasteiger partial charge >= 0.3 is 0 Å². The second-order valence-corrected chi connectivity index (χ2v) is 16.4. The lowest BCUT2D eigenvalue weighted by Crippen LogP contribution is -2.01. The predicted molar refractivity (Wildman–Crippen MR) is 234 cm³/mol. The van der Waals surface area contributed by atoms with Crippen molar-refractivity contribution in [3.05, 3.63) is 160 Å². The summed E-state index contributed by atoms with van der Waals surface area (Å²) < 4.78 is 0. The summed E-state index contributed by atoms with van der Waals surface area (Å²) in [5.74, 6) is 1.91. The SMILES string of the molecule is Cc1cc2c(c3nccnc13)-c1ccc(-c3nc(-c4ccc5c(c4)Cc4cc(C)c6nccnc6c4-5)nc(-c4ccc5c(c4)Cc4cc(C)c6nccnc6c4-5)n3)cc1C2. The average molecular weight is 772 g/mol. The van der Waals surface area contributed by atoms with Crippen LogP contribution < -0.4 is 0 Å². The molecule has 0 bridgehead atoms. The van der Waals surface area contributed by atoms with Gasteiger partial charge in [-0.15, -0.1) is 0 Å². The molecule has 0 fully saturated rings. The van der Waals surface area contributed by atoms with E-state index in [1.165, 1.54) is 66.8 Å². The quantitative estimate of drug-likeness (QED) is 0.173. The number of fused-ring (bicyclic) bond motifs is 15. The minimum atomic E-state index is 0.635. The zero-order valence-electron chi connectivity index (χ0n) is 33.0. The molecule has 10 aromatic rings. The first kappa shape index (κ1) is 33.3. The number of aryl methyl sites for hydroxylation is 3. The molecule has 4 heterocycles. The van der Waals surface area contributed by atoms with Gasteiger partial charge in [0.1, 0.15) is 0 Å². The molecule has 0 radical (unpaired) electrons. The number of benzene rings is 6. The van der Waals surface area contributed by atoms with Crippen molar-refractivity contribution in [1.29, 1.82) is 0 Å². The molecular formula is C51H33N9. The largest absolute Gasteiger partial charge is 0.253 e. The van der Waals surface area contributed by atoms with Gasteiger partial charge in [-0.1, -0.05) is 54.6 Å². The Kier molecular flexibility index (Phi) is 6.77. The Morgan fingerprint density at radius 2 is 0.600 bits per heavy atom. The number of rotatable bonds is 3. The molecule has 0 amide bonds.